The highest BCUT2D eigenvalue weighted by Gasteiger charge is 2.10. The molecule has 2 aromatic heterocycles. The number of rotatable bonds is 3. The maximum absolute atomic E-state index is 9.70. The van der Waals surface area contributed by atoms with E-state index in [1.54, 1.807) is 24.5 Å². The highest BCUT2D eigenvalue weighted by molar-refractivity contribution is 5.52. The molecule has 3 aromatic rings. The van der Waals surface area contributed by atoms with E-state index in [9.17, 15) is 5.11 Å². The highest BCUT2D eigenvalue weighted by Crippen LogP contribution is 2.20. The van der Waals surface area contributed by atoms with Crippen molar-refractivity contribution in [2.45, 2.75) is 6.42 Å². The van der Waals surface area contributed by atoms with Gasteiger partial charge in [-0.1, -0.05) is 23.4 Å². The van der Waals surface area contributed by atoms with Crippen molar-refractivity contribution >= 4 is 0 Å². The van der Waals surface area contributed by atoms with Gasteiger partial charge in [-0.25, -0.2) is 0 Å². The van der Waals surface area contributed by atoms with Gasteiger partial charge in [0.25, 0.3) is 0 Å². The first-order valence-electron chi connectivity index (χ1n) is 5.83. The molecule has 94 valence electrons. The second-order valence-corrected chi connectivity index (χ2v) is 4.05. The third kappa shape index (κ3) is 2.44. The second-order valence-electron chi connectivity index (χ2n) is 4.05. The van der Waals surface area contributed by atoms with Crippen LogP contribution in [0.4, 0.5) is 0 Å². The van der Waals surface area contributed by atoms with E-state index in [1.807, 2.05) is 24.3 Å². The largest absolute Gasteiger partial charge is 0.508 e. The van der Waals surface area contributed by atoms with E-state index in [4.69, 9.17) is 4.52 Å². The Balaban J connectivity index is 1.85. The average Bonchev–Trinajstić information content (AvgIpc) is 2.91. The standard InChI is InChI=1S/C14H11N3O2/c18-12-4-2-1-3-11(12)9-13-16-14(17-19-13)10-5-7-15-8-6-10/h1-8,18H,9H2. The summed E-state index contributed by atoms with van der Waals surface area (Å²) in [5.74, 6) is 1.22. The Bertz CT molecular complexity index is 680. The van der Waals surface area contributed by atoms with Crippen LogP contribution in [0.2, 0.25) is 0 Å². The molecule has 0 fully saturated rings. The summed E-state index contributed by atoms with van der Waals surface area (Å²) in [6.07, 6.45) is 3.76. The van der Waals surface area contributed by atoms with Crippen LogP contribution in [0.15, 0.2) is 53.3 Å². The van der Waals surface area contributed by atoms with E-state index in [-0.39, 0.29) is 5.75 Å². The lowest BCUT2D eigenvalue weighted by Gasteiger charge is -1.99. The molecule has 5 heteroatoms. The van der Waals surface area contributed by atoms with Crippen LogP contribution < -0.4 is 0 Å². The summed E-state index contributed by atoms with van der Waals surface area (Å²) < 4.78 is 5.19. The Morgan fingerprint density at radius 2 is 1.84 bits per heavy atom. The molecule has 0 spiro atoms. The number of nitrogens with zero attached hydrogens (tertiary/aromatic N) is 3. The fourth-order valence-corrected chi connectivity index (χ4v) is 1.77. The van der Waals surface area contributed by atoms with Gasteiger partial charge in [-0.2, -0.15) is 4.98 Å². The van der Waals surface area contributed by atoms with Gasteiger partial charge in [-0.05, 0) is 18.2 Å². The fraction of sp³-hybridized carbons (Fsp3) is 0.0714. The molecule has 1 aromatic carbocycles. The molecule has 0 saturated carbocycles. The van der Waals surface area contributed by atoms with Gasteiger partial charge in [0.2, 0.25) is 11.7 Å². The lowest BCUT2D eigenvalue weighted by Crippen LogP contribution is -1.89. The van der Waals surface area contributed by atoms with Gasteiger partial charge in [-0.3, -0.25) is 4.98 Å². The lowest BCUT2D eigenvalue weighted by molar-refractivity contribution is 0.383. The molecule has 0 atom stereocenters. The third-order valence-electron chi connectivity index (χ3n) is 2.74. The van der Waals surface area contributed by atoms with Crippen LogP contribution >= 0.6 is 0 Å². The first-order valence-corrected chi connectivity index (χ1v) is 5.83. The van der Waals surface area contributed by atoms with Crippen molar-refractivity contribution in [3.05, 3.63) is 60.2 Å². The summed E-state index contributed by atoms with van der Waals surface area (Å²) in [6.45, 7) is 0. The number of phenolic OH excluding ortho intramolecular Hbond substituents is 1. The number of phenols is 1. The van der Waals surface area contributed by atoms with Crippen LogP contribution in [0.25, 0.3) is 11.4 Å². The molecule has 1 N–H and O–H groups in total. The van der Waals surface area contributed by atoms with Gasteiger partial charge in [0, 0.05) is 23.5 Å². The zero-order chi connectivity index (χ0) is 13.1. The smallest absolute Gasteiger partial charge is 0.231 e. The Hall–Kier alpha value is -2.69. The van der Waals surface area contributed by atoms with Crippen molar-refractivity contribution in [2.75, 3.05) is 0 Å². The second kappa shape index (κ2) is 4.89. The molecule has 3 rings (SSSR count). The van der Waals surface area contributed by atoms with E-state index >= 15 is 0 Å². The third-order valence-corrected chi connectivity index (χ3v) is 2.74. The van der Waals surface area contributed by atoms with Crippen molar-refractivity contribution in [1.82, 2.24) is 15.1 Å². The molecule has 0 aliphatic carbocycles. The predicted molar refractivity (Wildman–Crippen MR) is 68.4 cm³/mol. The summed E-state index contributed by atoms with van der Waals surface area (Å²) >= 11 is 0. The SMILES string of the molecule is Oc1ccccc1Cc1nc(-c2ccncc2)no1. The van der Waals surface area contributed by atoms with Crippen LogP contribution in [0.3, 0.4) is 0 Å². The van der Waals surface area contributed by atoms with Crippen molar-refractivity contribution in [2.24, 2.45) is 0 Å². The van der Waals surface area contributed by atoms with Gasteiger partial charge >= 0.3 is 0 Å². The van der Waals surface area contributed by atoms with Crippen molar-refractivity contribution in [3.8, 4) is 17.1 Å². The molecule has 0 amide bonds. The van der Waals surface area contributed by atoms with Gasteiger partial charge in [0.15, 0.2) is 0 Å². The van der Waals surface area contributed by atoms with Crippen LogP contribution in [-0.2, 0) is 6.42 Å². The van der Waals surface area contributed by atoms with Crippen molar-refractivity contribution < 1.29 is 9.63 Å². The van der Waals surface area contributed by atoms with Gasteiger partial charge in [0.1, 0.15) is 5.75 Å². The number of aromatic nitrogens is 3. The first kappa shape index (κ1) is 11.4. The Morgan fingerprint density at radius 1 is 1.05 bits per heavy atom. The number of para-hydroxylation sites is 1. The maximum atomic E-state index is 9.70. The molecule has 0 saturated heterocycles. The van der Waals surface area contributed by atoms with E-state index < -0.39 is 0 Å². The summed E-state index contributed by atoms with van der Waals surface area (Å²) in [5.41, 5.74) is 1.61. The summed E-state index contributed by atoms with van der Waals surface area (Å²) in [5, 5.41) is 13.6. The van der Waals surface area contributed by atoms with Gasteiger partial charge in [-0.15, -0.1) is 0 Å². The van der Waals surface area contributed by atoms with Crippen LogP contribution in [0.5, 0.6) is 5.75 Å². The quantitative estimate of drug-likeness (QED) is 0.776. The number of aromatic hydroxyl groups is 1. The topological polar surface area (TPSA) is 72.0 Å². The molecule has 2 heterocycles. The Kier molecular flexibility index (Phi) is 2.94. The summed E-state index contributed by atoms with van der Waals surface area (Å²) in [6, 6.07) is 10.7. The van der Waals surface area contributed by atoms with E-state index in [0.717, 1.165) is 11.1 Å². The minimum atomic E-state index is 0.228. The number of benzene rings is 1. The fourth-order valence-electron chi connectivity index (χ4n) is 1.77. The minimum Gasteiger partial charge on any atom is -0.508 e. The molecular formula is C14H11N3O2. The van der Waals surface area contributed by atoms with Crippen molar-refractivity contribution in [1.29, 1.82) is 0 Å². The van der Waals surface area contributed by atoms with Crippen LogP contribution in [0.1, 0.15) is 11.5 Å². The minimum absolute atomic E-state index is 0.228. The molecule has 19 heavy (non-hydrogen) atoms. The first-order chi connectivity index (χ1) is 9.33. The molecule has 0 radical (unpaired) electrons. The molecule has 5 nitrogen and oxygen atoms in total. The van der Waals surface area contributed by atoms with Gasteiger partial charge in [0.05, 0.1) is 6.42 Å². The summed E-state index contributed by atoms with van der Waals surface area (Å²) in [4.78, 5) is 8.24. The van der Waals surface area contributed by atoms with E-state index in [1.165, 1.54) is 0 Å². The van der Waals surface area contributed by atoms with Crippen molar-refractivity contribution in [3.63, 3.8) is 0 Å². The molecule has 0 aliphatic heterocycles. The number of hydrogen-bond donors (Lipinski definition) is 1. The average molecular weight is 253 g/mol. The Morgan fingerprint density at radius 3 is 2.63 bits per heavy atom. The predicted octanol–water partition coefficient (Wildman–Crippen LogP) is 2.43. The van der Waals surface area contributed by atoms with E-state index in [2.05, 4.69) is 15.1 Å². The molecular weight excluding hydrogens is 242 g/mol. The van der Waals surface area contributed by atoms with Crippen LogP contribution in [-0.4, -0.2) is 20.2 Å². The highest BCUT2D eigenvalue weighted by atomic mass is 16.5. The monoisotopic (exact) mass is 253 g/mol. The molecule has 0 aliphatic rings. The Labute approximate surface area is 109 Å². The van der Waals surface area contributed by atoms with Crippen LogP contribution in [0, 0.1) is 0 Å². The normalized spacial score (nSPS) is 10.5. The summed E-state index contributed by atoms with van der Waals surface area (Å²) in [7, 11) is 0. The van der Waals surface area contributed by atoms with E-state index in [0.29, 0.717) is 18.1 Å². The lowest BCUT2D eigenvalue weighted by atomic mass is 10.1. The van der Waals surface area contributed by atoms with Gasteiger partial charge < -0.3 is 9.63 Å². The zero-order valence-electron chi connectivity index (χ0n) is 10.0. The maximum Gasteiger partial charge on any atom is 0.231 e. The number of hydrogen-bond acceptors (Lipinski definition) is 5. The number of pyridine rings is 1. The molecule has 0 unspecified atom stereocenters. The molecule has 0 bridgehead atoms. The zero-order valence-corrected chi connectivity index (χ0v) is 10.0.